The van der Waals surface area contributed by atoms with Gasteiger partial charge >= 0.3 is 0 Å². The summed E-state index contributed by atoms with van der Waals surface area (Å²) in [7, 11) is 0. The molecule has 0 amide bonds. The Morgan fingerprint density at radius 3 is 2.95 bits per heavy atom. The molecule has 0 aliphatic heterocycles. The van der Waals surface area contributed by atoms with Crippen molar-refractivity contribution < 1.29 is 4.92 Å². The lowest BCUT2D eigenvalue weighted by molar-refractivity contribution is -0.384. The number of nitrogens with zero attached hydrogens (tertiary/aromatic N) is 3. The molecule has 3 aromatic rings. The quantitative estimate of drug-likeness (QED) is 0.578. The number of hydrogen-bond acceptors (Lipinski definition) is 6. The molecule has 0 bridgehead atoms. The van der Waals surface area contributed by atoms with Crippen molar-refractivity contribution in [2.45, 2.75) is 6.42 Å². The summed E-state index contributed by atoms with van der Waals surface area (Å²) in [5.74, 6) is 0. The lowest BCUT2D eigenvalue weighted by atomic mass is 10.3. The van der Waals surface area contributed by atoms with Crippen LogP contribution in [0.4, 0.5) is 10.8 Å². The maximum absolute atomic E-state index is 10.7. The first-order valence-electron chi connectivity index (χ1n) is 6.41. The number of thiazole rings is 1. The van der Waals surface area contributed by atoms with Gasteiger partial charge in [-0.25, -0.2) is 4.98 Å². The molecule has 106 valence electrons. The third-order valence-corrected chi connectivity index (χ3v) is 3.94. The fourth-order valence-corrected chi connectivity index (χ4v) is 2.87. The van der Waals surface area contributed by atoms with Crippen molar-refractivity contribution >= 4 is 32.4 Å². The minimum Gasteiger partial charge on any atom is -0.361 e. The van der Waals surface area contributed by atoms with E-state index in [2.05, 4.69) is 15.3 Å². The summed E-state index contributed by atoms with van der Waals surface area (Å²) in [4.78, 5) is 19.0. The molecule has 0 spiro atoms. The second-order valence-electron chi connectivity index (χ2n) is 4.43. The van der Waals surface area contributed by atoms with E-state index in [0.717, 1.165) is 34.0 Å². The zero-order chi connectivity index (χ0) is 14.7. The Morgan fingerprint density at radius 1 is 1.29 bits per heavy atom. The molecule has 0 saturated heterocycles. The van der Waals surface area contributed by atoms with E-state index in [1.54, 1.807) is 18.3 Å². The highest BCUT2D eigenvalue weighted by atomic mass is 32.1. The maximum Gasteiger partial charge on any atom is 0.270 e. The van der Waals surface area contributed by atoms with E-state index >= 15 is 0 Å². The molecule has 0 radical (unpaired) electrons. The number of aromatic nitrogens is 2. The highest BCUT2D eigenvalue weighted by Crippen LogP contribution is 2.28. The van der Waals surface area contributed by atoms with Crippen molar-refractivity contribution in [2.24, 2.45) is 0 Å². The fraction of sp³-hybridized carbons (Fsp3) is 0.143. The zero-order valence-electron chi connectivity index (χ0n) is 11.0. The van der Waals surface area contributed by atoms with Crippen molar-refractivity contribution in [2.75, 3.05) is 11.9 Å². The van der Waals surface area contributed by atoms with Crippen LogP contribution in [0.1, 0.15) is 5.69 Å². The highest BCUT2D eigenvalue weighted by molar-refractivity contribution is 7.22. The van der Waals surface area contributed by atoms with Crippen LogP contribution in [-0.4, -0.2) is 21.4 Å². The van der Waals surface area contributed by atoms with Gasteiger partial charge in [0, 0.05) is 37.0 Å². The first-order chi connectivity index (χ1) is 10.2. The third-order valence-electron chi connectivity index (χ3n) is 2.97. The summed E-state index contributed by atoms with van der Waals surface area (Å²) in [5, 5.41) is 14.7. The molecule has 0 saturated carbocycles. The molecule has 2 aromatic heterocycles. The molecule has 21 heavy (non-hydrogen) atoms. The largest absolute Gasteiger partial charge is 0.361 e. The molecule has 0 aliphatic carbocycles. The zero-order valence-corrected chi connectivity index (χ0v) is 11.8. The van der Waals surface area contributed by atoms with Gasteiger partial charge in [-0.3, -0.25) is 15.1 Å². The van der Waals surface area contributed by atoms with E-state index < -0.39 is 4.92 Å². The van der Waals surface area contributed by atoms with Crippen LogP contribution in [0.2, 0.25) is 0 Å². The van der Waals surface area contributed by atoms with Gasteiger partial charge in [0.2, 0.25) is 0 Å². The van der Waals surface area contributed by atoms with Crippen LogP contribution < -0.4 is 5.32 Å². The summed E-state index contributed by atoms with van der Waals surface area (Å²) >= 11 is 1.42. The Kier molecular flexibility index (Phi) is 3.74. The Bertz CT molecular complexity index is 773. The average Bonchev–Trinajstić information content (AvgIpc) is 2.90. The molecule has 1 N–H and O–H groups in total. The van der Waals surface area contributed by atoms with Gasteiger partial charge in [-0.05, 0) is 18.2 Å². The number of nitrogens with one attached hydrogen (secondary N) is 1. The lowest BCUT2D eigenvalue weighted by Gasteiger charge is -2.01. The maximum atomic E-state index is 10.7. The Hall–Kier alpha value is -2.54. The summed E-state index contributed by atoms with van der Waals surface area (Å²) in [6.45, 7) is 0.721. The molecule has 6 nitrogen and oxygen atoms in total. The van der Waals surface area contributed by atoms with Gasteiger partial charge in [0.1, 0.15) is 0 Å². The molecule has 0 atom stereocenters. The van der Waals surface area contributed by atoms with Gasteiger partial charge < -0.3 is 5.32 Å². The number of anilines is 1. The first-order valence-corrected chi connectivity index (χ1v) is 7.23. The van der Waals surface area contributed by atoms with E-state index in [-0.39, 0.29) is 5.69 Å². The number of pyridine rings is 1. The van der Waals surface area contributed by atoms with Crippen LogP contribution in [0.3, 0.4) is 0 Å². The van der Waals surface area contributed by atoms with E-state index in [1.165, 1.54) is 17.4 Å². The Balaban J connectivity index is 1.68. The smallest absolute Gasteiger partial charge is 0.270 e. The molecule has 0 fully saturated rings. The van der Waals surface area contributed by atoms with Crippen LogP contribution in [0, 0.1) is 10.1 Å². The summed E-state index contributed by atoms with van der Waals surface area (Å²) in [5.41, 5.74) is 1.87. The summed E-state index contributed by atoms with van der Waals surface area (Å²) in [6, 6.07) is 10.5. The van der Waals surface area contributed by atoms with Crippen molar-refractivity contribution in [3.8, 4) is 0 Å². The van der Waals surface area contributed by atoms with E-state index in [1.807, 2.05) is 18.2 Å². The minimum absolute atomic E-state index is 0.0891. The standard InChI is InChI=1S/C14H12N4O2S/c19-18(20)11-4-5-12-13(9-11)21-14(17-12)16-8-6-10-3-1-2-7-15-10/h1-5,7,9H,6,8H2,(H,16,17). The molecular formula is C14H12N4O2S. The first kappa shape index (κ1) is 13.4. The van der Waals surface area contributed by atoms with Gasteiger partial charge in [0.05, 0.1) is 15.1 Å². The Morgan fingerprint density at radius 2 is 2.19 bits per heavy atom. The molecule has 1 aromatic carbocycles. The number of nitro benzene ring substituents is 1. The number of benzene rings is 1. The van der Waals surface area contributed by atoms with E-state index in [9.17, 15) is 10.1 Å². The third kappa shape index (κ3) is 3.14. The van der Waals surface area contributed by atoms with Gasteiger partial charge in [-0.1, -0.05) is 17.4 Å². The molecule has 3 rings (SSSR count). The molecule has 7 heteroatoms. The topological polar surface area (TPSA) is 81.0 Å². The van der Waals surface area contributed by atoms with Gasteiger partial charge in [0.15, 0.2) is 5.13 Å². The van der Waals surface area contributed by atoms with Crippen molar-refractivity contribution in [3.05, 3.63) is 58.4 Å². The predicted molar refractivity (Wildman–Crippen MR) is 82.7 cm³/mol. The average molecular weight is 300 g/mol. The van der Waals surface area contributed by atoms with E-state index in [0.29, 0.717) is 0 Å². The fourth-order valence-electron chi connectivity index (χ4n) is 1.95. The van der Waals surface area contributed by atoms with E-state index in [4.69, 9.17) is 0 Å². The second-order valence-corrected chi connectivity index (χ2v) is 5.46. The normalized spacial score (nSPS) is 10.7. The number of nitro groups is 1. The number of fused-ring (bicyclic) bond motifs is 1. The van der Waals surface area contributed by atoms with Crippen LogP contribution in [0.15, 0.2) is 42.6 Å². The van der Waals surface area contributed by atoms with Crippen LogP contribution in [0.5, 0.6) is 0 Å². The Labute approximate surface area is 124 Å². The monoisotopic (exact) mass is 300 g/mol. The number of non-ortho nitro benzene ring substituents is 1. The van der Waals surface area contributed by atoms with Gasteiger partial charge in [0.25, 0.3) is 5.69 Å². The molecule has 0 aliphatic rings. The van der Waals surface area contributed by atoms with Crippen LogP contribution >= 0.6 is 11.3 Å². The van der Waals surface area contributed by atoms with Crippen LogP contribution in [-0.2, 0) is 6.42 Å². The molecule has 2 heterocycles. The van der Waals surface area contributed by atoms with Crippen molar-refractivity contribution in [1.29, 1.82) is 0 Å². The SMILES string of the molecule is O=[N+]([O-])c1ccc2nc(NCCc3ccccn3)sc2c1. The molecular weight excluding hydrogens is 288 g/mol. The number of rotatable bonds is 5. The highest BCUT2D eigenvalue weighted by Gasteiger charge is 2.09. The van der Waals surface area contributed by atoms with Gasteiger partial charge in [-0.2, -0.15) is 0 Å². The second kappa shape index (κ2) is 5.84. The predicted octanol–water partition coefficient (Wildman–Crippen LogP) is 3.25. The van der Waals surface area contributed by atoms with Crippen molar-refractivity contribution in [1.82, 2.24) is 9.97 Å². The van der Waals surface area contributed by atoms with Crippen molar-refractivity contribution in [3.63, 3.8) is 0 Å². The summed E-state index contributed by atoms with van der Waals surface area (Å²) < 4.78 is 0.810. The number of hydrogen-bond donors (Lipinski definition) is 1. The van der Waals surface area contributed by atoms with Crippen LogP contribution in [0.25, 0.3) is 10.2 Å². The lowest BCUT2D eigenvalue weighted by Crippen LogP contribution is -2.05. The molecule has 0 unspecified atom stereocenters. The minimum atomic E-state index is -0.396. The summed E-state index contributed by atoms with van der Waals surface area (Å²) in [6.07, 6.45) is 2.57. The van der Waals surface area contributed by atoms with Gasteiger partial charge in [-0.15, -0.1) is 0 Å².